The van der Waals surface area contributed by atoms with Gasteiger partial charge in [0.1, 0.15) is 5.82 Å². The molecule has 1 saturated heterocycles. The number of amides is 2. The number of rotatable bonds is 3. The predicted molar refractivity (Wildman–Crippen MR) is 92.5 cm³/mol. The highest BCUT2D eigenvalue weighted by atomic mass is 32.2. The summed E-state index contributed by atoms with van der Waals surface area (Å²) >= 11 is 1.95. The monoisotopic (exact) mass is 337 g/mol. The lowest BCUT2D eigenvalue weighted by atomic mass is 10.0. The number of urea groups is 1. The third-order valence-electron chi connectivity index (χ3n) is 4.57. The Morgan fingerprint density at radius 3 is 2.61 bits per heavy atom. The number of aromatic nitrogens is 3. The number of hydrogen-bond acceptors (Lipinski definition) is 4. The molecular formula is C16H27N5OS. The Kier molecular flexibility index (Phi) is 4.85. The van der Waals surface area contributed by atoms with E-state index in [0.717, 1.165) is 44.1 Å². The number of hydrogen-bond donors (Lipinski definition) is 1. The second-order valence-electron chi connectivity index (χ2n) is 7.06. The van der Waals surface area contributed by atoms with Crippen LogP contribution in [-0.4, -0.2) is 49.3 Å². The van der Waals surface area contributed by atoms with E-state index in [1.165, 1.54) is 0 Å². The van der Waals surface area contributed by atoms with Crippen LogP contribution in [0.5, 0.6) is 0 Å². The molecule has 23 heavy (non-hydrogen) atoms. The van der Waals surface area contributed by atoms with Crippen molar-refractivity contribution in [3.05, 3.63) is 11.6 Å². The van der Waals surface area contributed by atoms with Gasteiger partial charge in [0.05, 0.1) is 6.04 Å². The standard InChI is InChI=1S/C16H27N5OS/c1-10(2)14(15-19-18-13-6-5-7-21(13)15)17-16(22)20-8-11(3)23-12(4)9-20/h10-12,14H,5-9H2,1-4H3,(H,17,22)/t11-,12+,14-/m0/s1. The van der Waals surface area contributed by atoms with Crippen LogP contribution in [0, 0.1) is 5.92 Å². The molecule has 2 aliphatic rings. The summed E-state index contributed by atoms with van der Waals surface area (Å²) in [5, 5.41) is 12.8. The quantitative estimate of drug-likeness (QED) is 0.920. The van der Waals surface area contributed by atoms with Crippen molar-refractivity contribution in [1.29, 1.82) is 0 Å². The molecule has 3 atom stereocenters. The molecule has 0 saturated carbocycles. The van der Waals surface area contributed by atoms with Crippen molar-refractivity contribution in [3.8, 4) is 0 Å². The highest BCUT2D eigenvalue weighted by Crippen LogP contribution is 2.27. The van der Waals surface area contributed by atoms with Gasteiger partial charge in [0.2, 0.25) is 0 Å². The number of thioether (sulfide) groups is 1. The third-order valence-corrected chi connectivity index (χ3v) is 5.80. The average molecular weight is 337 g/mol. The van der Waals surface area contributed by atoms with Crippen LogP contribution < -0.4 is 5.32 Å². The van der Waals surface area contributed by atoms with Crippen LogP contribution in [0.3, 0.4) is 0 Å². The topological polar surface area (TPSA) is 63.1 Å². The zero-order valence-electron chi connectivity index (χ0n) is 14.5. The van der Waals surface area contributed by atoms with Gasteiger partial charge in [-0.05, 0) is 12.3 Å². The van der Waals surface area contributed by atoms with Crippen LogP contribution in [0.4, 0.5) is 4.79 Å². The summed E-state index contributed by atoms with van der Waals surface area (Å²) < 4.78 is 2.18. The van der Waals surface area contributed by atoms with Gasteiger partial charge < -0.3 is 14.8 Å². The molecule has 128 valence electrons. The fourth-order valence-electron chi connectivity index (χ4n) is 3.50. The van der Waals surface area contributed by atoms with E-state index in [4.69, 9.17) is 0 Å². The summed E-state index contributed by atoms with van der Waals surface area (Å²) in [6, 6.07) is -0.0555. The highest BCUT2D eigenvalue weighted by molar-refractivity contribution is 8.00. The molecule has 0 radical (unpaired) electrons. The lowest BCUT2D eigenvalue weighted by Gasteiger charge is -2.36. The van der Waals surface area contributed by atoms with Crippen molar-refractivity contribution >= 4 is 17.8 Å². The maximum Gasteiger partial charge on any atom is 0.318 e. The van der Waals surface area contributed by atoms with Gasteiger partial charge >= 0.3 is 6.03 Å². The molecule has 3 heterocycles. The molecule has 0 bridgehead atoms. The highest BCUT2D eigenvalue weighted by Gasteiger charge is 2.31. The van der Waals surface area contributed by atoms with Crippen LogP contribution in [0.25, 0.3) is 0 Å². The first-order valence-electron chi connectivity index (χ1n) is 8.58. The van der Waals surface area contributed by atoms with Crippen LogP contribution in [-0.2, 0) is 13.0 Å². The molecule has 2 aliphatic heterocycles. The summed E-state index contributed by atoms with van der Waals surface area (Å²) in [5.74, 6) is 2.24. The van der Waals surface area contributed by atoms with E-state index >= 15 is 0 Å². The third kappa shape index (κ3) is 3.49. The fraction of sp³-hybridized carbons (Fsp3) is 0.812. The number of nitrogens with zero attached hydrogens (tertiary/aromatic N) is 4. The molecule has 7 heteroatoms. The summed E-state index contributed by atoms with van der Waals surface area (Å²) in [5.41, 5.74) is 0. The Hall–Kier alpha value is -1.24. The van der Waals surface area contributed by atoms with Crippen molar-refractivity contribution in [2.24, 2.45) is 5.92 Å². The molecule has 2 amide bonds. The van der Waals surface area contributed by atoms with Crippen molar-refractivity contribution in [3.63, 3.8) is 0 Å². The largest absolute Gasteiger partial charge is 0.328 e. The summed E-state index contributed by atoms with van der Waals surface area (Å²) in [6.45, 7) is 11.2. The van der Waals surface area contributed by atoms with E-state index < -0.39 is 0 Å². The van der Waals surface area contributed by atoms with Crippen LogP contribution in [0.2, 0.25) is 0 Å². The molecule has 1 aromatic heterocycles. The molecule has 0 aromatic carbocycles. The zero-order valence-corrected chi connectivity index (χ0v) is 15.3. The fourth-order valence-corrected chi connectivity index (χ4v) is 4.83. The van der Waals surface area contributed by atoms with Gasteiger partial charge in [0.15, 0.2) is 5.82 Å². The molecule has 3 rings (SSSR count). The van der Waals surface area contributed by atoms with E-state index in [1.54, 1.807) is 0 Å². The van der Waals surface area contributed by atoms with Gasteiger partial charge in [-0.2, -0.15) is 11.8 Å². The van der Waals surface area contributed by atoms with Gasteiger partial charge in [-0.15, -0.1) is 10.2 Å². The van der Waals surface area contributed by atoms with E-state index in [9.17, 15) is 4.79 Å². The molecule has 0 aliphatic carbocycles. The van der Waals surface area contributed by atoms with Crippen LogP contribution >= 0.6 is 11.8 Å². The van der Waals surface area contributed by atoms with Gasteiger partial charge in [0, 0.05) is 36.6 Å². The Morgan fingerprint density at radius 1 is 1.26 bits per heavy atom. The second kappa shape index (κ2) is 6.71. The van der Waals surface area contributed by atoms with Crippen molar-refractivity contribution in [2.75, 3.05) is 13.1 Å². The Balaban J connectivity index is 1.73. The smallest absolute Gasteiger partial charge is 0.318 e. The van der Waals surface area contributed by atoms with Crippen molar-refractivity contribution < 1.29 is 4.79 Å². The minimum Gasteiger partial charge on any atom is -0.328 e. The number of carbonyl (C=O) groups is 1. The number of fused-ring (bicyclic) bond motifs is 1. The van der Waals surface area contributed by atoms with E-state index in [1.807, 2.05) is 16.7 Å². The molecule has 0 unspecified atom stereocenters. The first kappa shape index (κ1) is 16.6. The maximum atomic E-state index is 12.7. The number of nitrogens with one attached hydrogen (secondary N) is 1. The molecule has 0 spiro atoms. The SMILES string of the molecule is CC(C)[C@H](NC(=O)N1C[C@@H](C)S[C@@H](C)C1)c1nnc2n1CCC2. The number of carbonyl (C=O) groups excluding carboxylic acids is 1. The van der Waals surface area contributed by atoms with E-state index in [0.29, 0.717) is 10.5 Å². The molecule has 1 aromatic rings. The predicted octanol–water partition coefficient (Wildman–Crippen LogP) is 2.46. The summed E-state index contributed by atoms with van der Waals surface area (Å²) in [4.78, 5) is 14.7. The second-order valence-corrected chi connectivity index (χ2v) is 8.94. The van der Waals surface area contributed by atoms with Gasteiger partial charge in [-0.1, -0.05) is 27.7 Å². The first-order valence-corrected chi connectivity index (χ1v) is 9.53. The van der Waals surface area contributed by atoms with E-state index in [2.05, 4.69) is 47.8 Å². The number of aryl methyl sites for hydroxylation is 1. The molecule has 1 fully saturated rings. The Morgan fingerprint density at radius 2 is 1.96 bits per heavy atom. The van der Waals surface area contributed by atoms with E-state index in [-0.39, 0.29) is 18.0 Å². The molecule has 1 N–H and O–H groups in total. The Bertz CT molecular complexity index is 563. The van der Waals surface area contributed by atoms with Crippen LogP contribution in [0.15, 0.2) is 0 Å². The van der Waals surface area contributed by atoms with Crippen LogP contribution in [0.1, 0.15) is 51.8 Å². The summed E-state index contributed by atoms with van der Waals surface area (Å²) in [6.07, 6.45) is 2.11. The minimum absolute atomic E-state index is 0.0260. The lowest BCUT2D eigenvalue weighted by Crippen LogP contribution is -2.50. The van der Waals surface area contributed by atoms with Crippen molar-refractivity contribution in [1.82, 2.24) is 25.0 Å². The molecular weight excluding hydrogens is 310 g/mol. The zero-order chi connectivity index (χ0) is 16.6. The Labute approximate surface area is 142 Å². The lowest BCUT2D eigenvalue weighted by molar-refractivity contribution is 0.188. The van der Waals surface area contributed by atoms with Crippen molar-refractivity contribution in [2.45, 2.75) is 63.6 Å². The minimum atomic E-state index is -0.0814. The average Bonchev–Trinajstić information content (AvgIpc) is 3.06. The normalized spacial score (nSPS) is 25.5. The maximum absolute atomic E-state index is 12.7. The molecule has 6 nitrogen and oxygen atoms in total. The summed E-state index contributed by atoms with van der Waals surface area (Å²) in [7, 11) is 0. The first-order chi connectivity index (χ1) is 11.0. The van der Waals surface area contributed by atoms with Gasteiger partial charge in [-0.3, -0.25) is 0 Å². The van der Waals surface area contributed by atoms with Gasteiger partial charge in [0.25, 0.3) is 0 Å². The van der Waals surface area contributed by atoms with Gasteiger partial charge in [-0.25, -0.2) is 4.79 Å².